The van der Waals surface area contributed by atoms with Crippen molar-refractivity contribution in [2.24, 2.45) is 7.05 Å². The molecule has 3 N–H and O–H groups in total. The maximum atomic E-state index is 13.0. The Kier molecular flexibility index (Phi) is 10.3. The van der Waals surface area contributed by atoms with Crippen LogP contribution in [0.4, 0.5) is 10.7 Å². The number of hydrogen-bond acceptors (Lipinski definition) is 9. The molecule has 4 fully saturated rings. The van der Waals surface area contributed by atoms with E-state index in [1.165, 1.54) is 0 Å². The highest BCUT2D eigenvalue weighted by molar-refractivity contribution is 5.97. The van der Waals surface area contributed by atoms with Gasteiger partial charge in [-0.25, -0.2) is 14.8 Å². The topological polar surface area (TPSA) is 147 Å². The summed E-state index contributed by atoms with van der Waals surface area (Å²) >= 11 is 0. The number of aryl methyl sites for hydroxylation is 1. The highest BCUT2D eigenvalue weighted by Crippen LogP contribution is 2.44. The Morgan fingerprint density at radius 2 is 1.79 bits per heavy atom. The number of piperidine rings is 2. The van der Waals surface area contributed by atoms with Crippen LogP contribution in [0.1, 0.15) is 76.0 Å². The number of H-pyrrole nitrogens is 1. The van der Waals surface area contributed by atoms with Crippen LogP contribution in [0.5, 0.6) is 0 Å². The van der Waals surface area contributed by atoms with Crippen LogP contribution in [0.15, 0.2) is 71.8 Å². The third-order valence-corrected chi connectivity index (χ3v) is 12.6. The first-order chi connectivity index (χ1) is 27.7. The number of benzene rings is 2. The predicted octanol–water partition coefficient (Wildman–Crippen LogP) is 6.53. The number of carboxylic acid groups (broad SMARTS) is 1. The Morgan fingerprint density at radius 3 is 2.51 bits per heavy atom. The minimum Gasteiger partial charge on any atom is -0.465 e. The number of nitrogens with zero attached hydrogens (tertiary/aromatic N) is 5. The lowest BCUT2D eigenvalue weighted by molar-refractivity contribution is -0.197. The summed E-state index contributed by atoms with van der Waals surface area (Å²) < 4.78 is 21.7. The van der Waals surface area contributed by atoms with Gasteiger partial charge >= 0.3 is 6.09 Å². The molecule has 0 bridgehead atoms. The Balaban J connectivity index is 1.12. The number of amides is 1. The van der Waals surface area contributed by atoms with Crippen molar-refractivity contribution < 1.29 is 24.1 Å². The third kappa shape index (κ3) is 7.65. The summed E-state index contributed by atoms with van der Waals surface area (Å²) in [6.07, 6.45) is 10.9. The molecular formula is C44H53N7O6. The second-order valence-electron chi connectivity index (χ2n) is 16.7. The second kappa shape index (κ2) is 15.5. The number of nitrogens with one attached hydrogen (secondary N) is 2. The number of aromatic nitrogens is 4. The molecule has 3 aromatic heterocycles. The van der Waals surface area contributed by atoms with Crippen LogP contribution in [-0.4, -0.2) is 99.0 Å². The van der Waals surface area contributed by atoms with E-state index >= 15 is 0 Å². The van der Waals surface area contributed by atoms with E-state index in [0.29, 0.717) is 24.1 Å². The number of likely N-dealkylation sites (tertiary alicyclic amines) is 1. The number of pyridine rings is 1. The minimum atomic E-state index is -1.06. The molecule has 1 aliphatic carbocycles. The Morgan fingerprint density at radius 1 is 1.00 bits per heavy atom. The largest absolute Gasteiger partial charge is 0.465 e. The number of fused-ring (bicyclic) bond motifs is 2. The monoisotopic (exact) mass is 775 g/mol. The number of ether oxygens (including phenoxy) is 3. The molecule has 4 aliphatic rings. The van der Waals surface area contributed by atoms with Crippen LogP contribution < -0.4 is 15.8 Å². The average molecular weight is 776 g/mol. The van der Waals surface area contributed by atoms with Gasteiger partial charge in [-0.15, -0.1) is 0 Å². The zero-order valence-corrected chi connectivity index (χ0v) is 32.9. The molecule has 2 unspecified atom stereocenters. The van der Waals surface area contributed by atoms with Crippen LogP contribution in [0, 0.1) is 0 Å². The highest BCUT2D eigenvalue weighted by Gasteiger charge is 2.45. The van der Waals surface area contributed by atoms with E-state index in [2.05, 4.69) is 50.4 Å². The predicted molar refractivity (Wildman–Crippen MR) is 219 cm³/mol. The number of rotatable bonds is 11. The average Bonchev–Trinajstić information content (AvgIpc) is 3.91. The summed E-state index contributed by atoms with van der Waals surface area (Å²) in [5.41, 5.74) is 3.46. The van der Waals surface area contributed by atoms with E-state index in [-0.39, 0.29) is 30.1 Å². The number of hydrogen-bond donors (Lipinski definition) is 3. The van der Waals surface area contributed by atoms with Crippen LogP contribution in [0.2, 0.25) is 0 Å². The fourth-order valence-corrected chi connectivity index (χ4v) is 9.11. The maximum absolute atomic E-state index is 13.0. The van der Waals surface area contributed by atoms with Gasteiger partial charge in [0.2, 0.25) is 5.95 Å². The minimum absolute atomic E-state index is 0.0636. The van der Waals surface area contributed by atoms with Crippen LogP contribution in [0.25, 0.3) is 32.9 Å². The molecule has 2 aromatic carbocycles. The van der Waals surface area contributed by atoms with E-state index < -0.39 is 11.7 Å². The molecule has 3 saturated heterocycles. The van der Waals surface area contributed by atoms with Gasteiger partial charge < -0.3 is 44.0 Å². The van der Waals surface area contributed by atoms with Crippen LogP contribution >= 0.6 is 0 Å². The highest BCUT2D eigenvalue weighted by atomic mass is 16.7. The summed E-state index contributed by atoms with van der Waals surface area (Å²) in [7, 11) is 1.78. The molecule has 57 heavy (non-hydrogen) atoms. The molecule has 300 valence electrons. The number of anilines is 1. The molecule has 0 radical (unpaired) electrons. The molecule has 1 saturated carbocycles. The molecule has 1 amide bonds. The summed E-state index contributed by atoms with van der Waals surface area (Å²) in [4.78, 5) is 43.3. The van der Waals surface area contributed by atoms with Gasteiger partial charge in [0.05, 0.1) is 23.9 Å². The van der Waals surface area contributed by atoms with Crippen LogP contribution in [-0.2, 0) is 26.9 Å². The SMILES string of the molecule is Cn1cc(-c2ccc3nc(N4CCC(N5CCC(C)(NC(=O)O)CC5)CC4)nc(C(COC4CCCCO4)(OC4CC4)c4ccccc4)c3c2)c2cc[nH]c2c1=O. The van der Waals surface area contributed by atoms with E-state index in [1.54, 1.807) is 11.6 Å². The van der Waals surface area contributed by atoms with Gasteiger partial charge in [0.15, 0.2) is 11.9 Å². The van der Waals surface area contributed by atoms with Crippen molar-refractivity contribution in [3.8, 4) is 11.1 Å². The lowest BCUT2D eigenvalue weighted by Crippen LogP contribution is -2.56. The summed E-state index contributed by atoms with van der Waals surface area (Å²) in [5.74, 6) is 0.671. The molecule has 0 spiro atoms. The number of aromatic amines is 1. The lowest BCUT2D eigenvalue weighted by atomic mass is 9.87. The first-order valence-electron chi connectivity index (χ1n) is 20.6. The van der Waals surface area contributed by atoms with Crippen LogP contribution in [0.3, 0.4) is 0 Å². The zero-order valence-electron chi connectivity index (χ0n) is 32.9. The first kappa shape index (κ1) is 37.7. The molecule has 13 nitrogen and oxygen atoms in total. The molecule has 9 rings (SSSR count). The van der Waals surface area contributed by atoms with Crippen molar-refractivity contribution in [1.29, 1.82) is 0 Å². The Hall–Kier alpha value is -4.82. The van der Waals surface area contributed by atoms with E-state index in [0.717, 1.165) is 123 Å². The molecule has 5 aromatic rings. The molecular weight excluding hydrogens is 723 g/mol. The molecule has 2 atom stereocenters. The summed E-state index contributed by atoms with van der Waals surface area (Å²) in [5, 5.41) is 13.8. The molecule has 13 heteroatoms. The van der Waals surface area contributed by atoms with Gasteiger partial charge in [-0.3, -0.25) is 4.79 Å². The maximum Gasteiger partial charge on any atom is 0.405 e. The van der Waals surface area contributed by atoms with Gasteiger partial charge in [0.1, 0.15) is 5.52 Å². The van der Waals surface area contributed by atoms with Crippen molar-refractivity contribution in [1.82, 2.24) is 29.7 Å². The number of carbonyl (C=O) groups is 1. The molecule has 3 aliphatic heterocycles. The van der Waals surface area contributed by atoms with Gasteiger partial charge in [-0.05, 0) is 94.0 Å². The fraction of sp³-hybridized carbons (Fsp3) is 0.500. The van der Waals surface area contributed by atoms with Gasteiger partial charge in [0.25, 0.3) is 5.56 Å². The summed E-state index contributed by atoms with van der Waals surface area (Å²) in [6, 6.07) is 19.0. The third-order valence-electron chi connectivity index (χ3n) is 12.6. The molecule has 6 heterocycles. The van der Waals surface area contributed by atoms with Gasteiger partial charge in [-0.2, -0.15) is 0 Å². The van der Waals surface area contributed by atoms with Gasteiger partial charge in [-0.1, -0.05) is 36.4 Å². The quantitative estimate of drug-likeness (QED) is 0.135. The first-order valence-corrected chi connectivity index (χ1v) is 20.6. The lowest BCUT2D eigenvalue weighted by Gasteiger charge is -2.45. The Labute approximate surface area is 332 Å². The Bertz CT molecular complexity index is 2290. The van der Waals surface area contributed by atoms with Crippen molar-refractivity contribution >= 4 is 33.8 Å². The standard InChI is InChI=1S/C44H53N7O6/c1-43(48-42(53)54)18-23-50(24-19-43)31-16-21-51(22-17-31)41-46-36-14-11-29(35-27-49(2)40(52)38-33(35)15-20-45-38)26-34(36)39(47-41)44(57-32-12-13-32,30-8-4-3-5-9-30)28-56-37-10-6-7-25-55-37/h3-5,8-9,11,14-15,20,26-27,31-32,37,45,48H,6-7,10,12-13,16-19,21-25,28H2,1-2H3,(H,53,54). The summed E-state index contributed by atoms with van der Waals surface area (Å²) in [6.45, 7) is 6.25. The van der Waals surface area contributed by atoms with Crippen molar-refractivity contribution in [2.75, 3.05) is 44.3 Å². The van der Waals surface area contributed by atoms with E-state index in [4.69, 9.17) is 24.2 Å². The zero-order chi connectivity index (χ0) is 39.1. The van der Waals surface area contributed by atoms with E-state index in [9.17, 15) is 14.7 Å². The fourth-order valence-electron chi connectivity index (χ4n) is 9.11. The van der Waals surface area contributed by atoms with Crippen molar-refractivity contribution in [3.05, 3.63) is 88.6 Å². The van der Waals surface area contributed by atoms with Gasteiger partial charge in [0, 0.05) is 80.1 Å². The van der Waals surface area contributed by atoms with E-state index in [1.807, 2.05) is 43.6 Å². The second-order valence-corrected chi connectivity index (χ2v) is 16.7. The smallest absolute Gasteiger partial charge is 0.405 e. The van der Waals surface area contributed by atoms with Crippen molar-refractivity contribution in [2.45, 2.75) is 94.3 Å². The van der Waals surface area contributed by atoms with Crippen molar-refractivity contribution in [3.63, 3.8) is 0 Å². The normalized spacial score (nSPS) is 21.8.